The Kier molecular flexibility index (Phi) is 5.95. The molecule has 1 atom stereocenters. The van der Waals surface area contributed by atoms with E-state index in [1.165, 1.54) is 7.11 Å². The fraction of sp³-hybridized carbons (Fsp3) is 0.100. The number of hydrogen-bond acceptors (Lipinski definition) is 5. The van der Waals surface area contributed by atoms with Crippen LogP contribution >= 0.6 is 9.03 Å². The molecule has 0 aromatic heterocycles. The first-order chi connectivity index (χ1) is 12.7. The van der Waals surface area contributed by atoms with Gasteiger partial charge in [-0.05, 0) is 18.2 Å². The maximum Gasteiger partial charge on any atom is 0.215 e. The van der Waals surface area contributed by atoms with Crippen molar-refractivity contribution < 1.29 is 24.0 Å². The summed E-state index contributed by atoms with van der Waals surface area (Å²) in [5, 5.41) is 20.1. The highest BCUT2D eigenvalue weighted by atomic mass is 31.1. The van der Waals surface area contributed by atoms with E-state index in [0.717, 1.165) is 5.56 Å². The first-order valence-corrected chi connectivity index (χ1v) is 8.78. The van der Waals surface area contributed by atoms with Gasteiger partial charge in [0.05, 0.1) is 13.7 Å². The smallest absolute Gasteiger partial charge is 0.215 e. The predicted octanol–water partition coefficient (Wildman–Crippen LogP) is 4.88. The average molecular weight is 370 g/mol. The highest BCUT2D eigenvalue weighted by molar-refractivity contribution is 7.26. The molecule has 2 N–H and O–H groups in total. The molecule has 0 aliphatic heterocycles. The molecule has 0 saturated heterocycles. The van der Waals surface area contributed by atoms with Crippen LogP contribution in [0.5, 0.6) is 23.0 Å². The molecule has 26 heavy (non-hydrogen) atoms. The van der Waals surface area contributed by atoms with Crippen LogP contribution in [0, 0.1) is 0 Å². The molecule has 0 spiro atoms. The summed E-state index contributed by atoms with van der Waals surface area (Å²) in [4.78, 5) is 0. The topological polar surface area (TPSA) is 68.2 Å². The first kappa shape index (κ1) is 18.1. The average Bonchev–Trinajstić information content (AvgIpc) is 2.67. The van der Waals surface area contributed by atoms with Crippen molar-refractivity contribution in [2.45, 2.75) is 6.61 Å². The summed E-state index contributed by atoms with van der Waals surface area (Å²) in [6.45, 7) is 0.195. The van der Waals surface area contributed by atoms with Crippen LogP contribution in [0.25, 0.3) is 11.1 Å². The largest absolute Gasteiger partial charge is 0.507 e. The van der Waals surface area contributed by atoms with E-state index in [-0.39, 0.29) is 27.1 Å². The van der Waals surface area contributed by atoms with Crippen molar-refractivity contribution in [3.05, 3.63) is 72.3 Å². The molecule has 0 bridgehead atoms. The number of rotatable bonds is 7. The second kappa shape index (κ2) is 8.56. The summed E-state index contributed by atoms with van der Waals surface area (Å²) in [7, 11) is 1.23. The van der Waals surface area contributed by atoms with Gasteiger partial charge >= 0.3 is 0 Å². The predicted molar refractivity (Wildman–Crippen MR) is 102 cm³/mol. The van der Waals surface area contributed by atoms with Gasteiger partial charge in [-0.15, -0.1) is 0 Å². The lowest BCUT2D eigenvalue weighted by Crippen LogP contribution is -1.92. The molecule has 3 aromatic carbocycles. The van der Waals surface area contributed by atoms with Crippen LogP contribution in [0.1, 0.15) is 5.56 Å². The van der Waals surface area contributed by atoms with Gasteiger partial charge in [-0.2, -0.15) is 0 Å². The standard InChI is InChI=1S/C20H19O5P/c1-23-19-12-6-7-14(20(19)22)13-24-26-25-18-11-5-3-9-16(18)15-8-2-4-10-17(15)21/h2-12,21-22,26H,13H2,1H3. The van der Waals surface area contributed by atoms with Gasteiger partial charge in [0.25, 0.3) is 0 Å². The Morgan fingerprint density at radius 2 is 1.50 bits per heavy atom. The summed E-state index contributed by atoms with van der Waals surface area (Å²) in [6.07, 6.45) is 0. The van der Waals surface area contributed by atoms with Gasteiger partial charge in [0, 0.05) is 16.7 Å². The fourth-order valence-corrected chi connectivity index (χ4v) is 3.05. The van der Waals surface area contributed by atoms with E-state index in [4.69, 9.17) is 13.8 Å². The van der Waals surface area contributed by atoms with E-state index in [2.05, 4.69) is 0 Å². The third-order valence-electron chi connectivity index (χ3n) is 3.82. The molecule has 0 radical (unpaired) electrons. The normalized spacial score (nSPS) is 11.0. The molecule has 3 rings (SSSR count). The minimum absolute atomic E-state index is 0.0643. The van der Waals surface area contributed by atoms with Crippen molar-refractivity contribution in [3.8, 4) is 34.1 Å². The second-order valence-electron chi connectivity index (χ2n) is 5.46. The molecular weight excluding hydrogens is 351 g/mol. The van der Waals surface area contributed by atoms with E-state index in [1.807, 2.05) is 36.4 Å². The molecule has 3 aromatic rings. The van der Waals surface area contributed by atoms with Gasteiger partial charge in [-0.3, -0.25) is 0 Å². The third-order valence-corrected chi connectivity index (χ3v) is 4.39. The first-order valence-electron chi connectivity index (χ1n) is 7.96. The van der Waals surface area contributed by atoms with Crippen molar-refractivity contribution in [2.75, 3.05) is 7.11 Å². The Morgan fingerprint density at radius 3 is 2.27 bits per heavy atom. The van der Waals surface area contributed by atoms with Gasteiger partial charge in [0.15, 0.2) is 11.5 Å². The fourth-order valence-electron chi connectivity index (χ4n) is 2.51. The number of methoxy groups -OCH3 is 1. The van der Waals surface area contributed by atoms with E-state index >= 15 is 0 Å². The Balaban J connectivity index is 1.66. The molecule has 134 valence electrons. The zero-order valence-electron chi connectivity index (χ0n) is 14.2. The Hall–Kier alpha value is -2.75. The van der Waals surface area contributed by atoms with Crippen LogP contribution in [-0.4, -0.2) is 17.3 Å². The molecule has 6 heteroatoms. The van der Waals surface area contributed by atoms with Gasteiger partial charge in [0.1, 0.15) is 11.5 Å². The number of phenolic OH excluding ortho intramolecular Hbond substituents is 2. The van der Waals surface area contributed by atoms with Gasteiger partial charge in [-0.1, -0.05) is 48.5 Å². The maximum atomic E-state index is 10.1. The molecule has 5 nitrogen and oxygen atoms in total. The summed E-state index contributed by atoms with van der Waals surface area (Å²) in [5.74, 6) is 1.27. The van der Waals surface area contributed by atoms with Crippen LogP contribution in [0.2, 0.25) is 0 Å². The molecule has 0 saturated carbocycles. The van der Waals surface area contributed by atoms with Crippen molar-refractivity contribution in [3.63, 3.8) is 0 Å². The van der Waals surface area contributed by atoms with E-state index < -0.39 is 0 Å². The molecule has 0 heterocycles. The lowest BCUT2D eigenvalue weighted by Gasteiger charge is -2.13. The zero-order valence-corrected chi connectivity index (χ0v) is 15.2. The number of phenols is 2. The molecular formula is C20H19O5P. The van der Waals surface area contributed by atoms with Crippen molar-refractivity contribution in [2.24, 2.45) is 0 Å². The highest BCUT2D eigenvalue weighted by Crippen LogP contribution is 2.38. The van der Waals surface area contributed by atoms with Gasteiger partial charge in [0.2, 0.25) is 9.03 Å². The number of para-hydroxylation sites is 3. The summed E-state index contributed by atoms with van der Waals surface area (Å²) < 4.78 is 16.4. The van der Waals surface area contributed by atoms with Crippen molar-refractivity contribution in [1.29, 1.82) is 0 Å². The zero-order chi connectivity index (χ0) is 18.4. The molecule has 0 fully saturated rings. The molecule has 0 aliphatic carbocycles. The minimum Gasteiger partial charge on any atom is -0.507 e. The lowest BCUT2D eigenvalue weighted by molar-refractivity contribution is 0.306. The Bertz CT molecular complexity index is 882. The number of hydrogen-bond donors (Lipinski definition) is 2. The van der Waals surface area contributed by atoms with Crippen molar-refractivity contribution >= 4 is 9.03 Å². The monoisotopic (exact) mass is 370 g/mol. The molecule has 0 amide bonds. The Morgan fingerprint density at radius 1 is 0.808 bits per heavy atom. The minimum atomic E-state index is -0.266. The van der Waals surface area contributed by atoms with Crippen LogP contribution < -0.4 is 9.26 Å². The SMILES string of the molecule is COc1cccc(COPOc2ccccc2-c2ccccc2O)c1O. The van der Waals surface area contributed by atoms with E-state index in [0.29, 0.717) is 22.6 Å². The molecule has 0 aliphatic rings. The summed E-state index contributed by atoms with van der Waals surface area (Å²) in [6, 6.07) is 19.8. The Labute approximate surface area is 153 Å². The van der Waals surface area contributed by atoms with Crippen molar-refractivity contribution in [1.82, 2.24) is 0 Å². The quantitative estimate of drug-likeness (QED) is 0.458. The number of ether oxygens (including phenoxy) is 1. The van der Waals surface area contributed by atoms with Gasteiger partial charge < -0.3 is 24.0 Å². The molecule has 1 unspecified atom stereocenters. The van der Waals surface area contributed by atoms with Crippen LogP contribution in [0.3, 0.4) is 0 Å². The lowest BCUT2D eigenvalue weighted by atomic mass is 10.0. The number of aromatic hydroxyl groups is 2. The van der Waals surface area contributed by atoms with Crippen LogP contribution in [0.15, 0.2) is 66.7 Å². The van der Waals surface area contributed by atoms with Crippen LogP contribution in [0.4, 0.5) is 0 Å². The van der Waals surface area contributed by atoms with E-state index in [9.17, 15) is 10.2 Å². The number of benzene rings is 3. The summed E-state index contributed by atoms with van der Waals surface area (Å²) >= 11 is 0. The van der Waals surface area contributed by atoms with Gasteiger partial charge in [-0.25, -0.2) is 0 Å². The van der Waals surface area contributed by atoms with Crippen LogP contribution in [-0.2, 0) is 11.1 Å². The highest BCUT2D eigenvalue weighted by Gasteiger charge is 2.11. The second-order valence-corrected chi connectivity index (χ2v) is 6.11. The summed E-state index contributed by atoms with van der Waals surface area (Å²) in [5.41, 5.74) is 2.10. The third kappa shape index (κ3) is 4.07. The van der Waals surface area contributed by atoms with E-state index in [1.54, 1.807) is 30.3 Å². The maximum absolute atomic E-state index is 10.1.